The van der Waals surface area contributed by atoms with Gasteiger partial charge in [-0.15, -0.1) is 0 Å². The molecule has 1 aromatic rings. The third-order valence-corrected chi connectivity index (χ3v) is 4.51. The fourth-order valence-corrected chi connectivity index (χ4v) is 2.92. The number of methoxy groups -OCH3 is 1. The van der Waals surface area contributed by atoms with Crippen molar-refractivity contribution in [3.05, 3.63) is 29.8 Å². The van der Waals surface area contributed by atoms with Gasteiger partial charge in [0.05, 0.1) is 23.1 Å². The van der Waals surface area contributed by atoms with Gasteiger partial charge < -0.3 is 4.74 Å². The Kier molecular flexibility index (Phi) is 5.28. The van der Waals surface area contributed by atoms with E-state index in [4.69, 9.17) is 10.00 Å². The summed E-state index contributed by atoms with van der Waals surface area (Å²) in [5, 5.41) is 8.68. The molecule has 0 heterocycles. The molecule has 0 unspecified atom stereocenters. The number of likely N-dealkylation sites (N-methyl/N-ethyl adjacent to an activating group) is 1. The summed E-state index contributed by atoms with van der Waals surface area (Å²) in [6.07, 6.45) is 0. The molecular formula is C12H16N2O3S. The van der Waals surface area contributed by atoms with Crippen LogP contribution in [-0.2, 0) is 14.8 Å². The summed E-state index contributed by atoms with van der Waals surface area (Å²) < 4.78 is 30.8. The van der Waals surface area contributed by atoms with Gasteiger partial charge in [0.1, 0.15) is 0 Å². The zero-order valence-corrected chi connectivity index (χ0v) is 11.3. The molecule has 0 aromatic heterocycles. The summed E-state index contributed by atoms with van der Waals surface area (Å²) in [6, 6.07) is 7.84. The van der Waals surface area contributed by atoms with Crippen LogP contribution in [0.3, 0.4) is 0 Å². The fraction of sp³-hybridized carbons (Fsp3) is 0.417. The molecule has 0 aliphatic heterocycles. The Morgan fingerprint density at radius 3 is 2.39 bits per heavy atom. The van der Waals surface area contributed by atoms with Crippen molar-refractivity contribution >= 4 is 10.0 Å². The summed E-state index contributed by atoms with van der Waals surface area (Å²) in [5.41, 5.74) is 0.439. The first-order valence-corrected chi connectivity index (χ1v) is 6.99. The highest BCUT2D eigenvalue weighted by molar-refractivity contribution is 7.89. The van der Waals surface area contributed by atoms with E-state index in [0.717, 1.165) is 0 Å². The molecule has 0 bridgehead atoms. The van der Waals surface area contributed by atoms with E-state index in [1.54, 1.807) is 6.92 Å². The standard InChI is InChI=1S/C12H16N2O3S/c1-3-14(8-9-17-2)18(15,16)12-6-4-11(10-13)5-7-12/h4-7H,3,8-9H2,1-2H3. The van der Waals surface area contributed by atoms with Gasteiger partial charge in [0.2, 0.25) is 10.0 Å². The Balaban J connectivity index is 2.99. The van der Waals surface area contributed by atoms with E-state index in [0.29, 0.717) is 25.3 Å². The van der Waals surface area contributed by atoms with Crippen LogP contribution in [0.5, 0.6) is 0 Å². The van der Waals surface area contributed by atoms with Crippen LogP contribution >= 0.6 is 0 Å². The Bertz CT molecular complexity index is 517. The van der Waals surface area contributed by atoms with Gasteiger partial charge in [-0.05, 0) is 24.3 Å². The minimum absolute atomic E-state index is 0.194. The molecule has 1 rings (SSSR count). The molecule has 0 atom stereocenters. The number of hydrogen-bond donors (Lipinski definition) is 0. The maximum Gasteiger partial charge on any atom is 0.243 e. The largest absolute Gasteiger partial charge is 0.383 e. The lowest BCUT2D eigenvalue weighted by molar-refractivity contribution is 0.180. The third-order valence-electron chi connectivity index (χ3n) is 2.52. The first-order valence-electron chi connectivity index (χ1n) is 5.55. The van der Waals surface area contributed by atoms with E-state index in [1.807, 2.05) is 6.07 Å². The molecule has 0 saturated carbocycles. The second kappa shape index (κ2) is 6.50. The maximum absolute atomic E-state index is 12.3. The molecule has 6 heteroatoms. The monoisotopic (exact) mass is 268 g/mol. The molecule has 0 aliphatic carbocycles. The molecule has 1 aromatic carbocycles. The summed E-state index contributed by atoms with van der Waals surface area (Å²) in [5.74, 6) is 0. The van der Waals surface area contributed by atoms with Crippen molar-refractivity contribution in [3.63, 3.8) is 0 Å². The first-order chi connectivity index (χ1) is 8.56. The lowest BCUT2D eigenvalue weighted by Gasteiger charge is -2.19. The van der Waals surface area contributed by atoms with Gasteiger partial charge in [-0.25, -0.2) is 8.42 Å². The predicted octanol–water partition coefficient (Wildman–Crippen LogP) is 1.22. The SMILES string of the molecule is CCN(CCOC)S(=O)(=O)c1ccc(C#N)cc1. The Morgan fingerprint density at radius 2 is 1.94 bits per heavy atom. The molecule has 18 heavy (non-hydrogen) atoms. The molecule has 0 N–H and O–H groups in total. The highest BCUT2D eigenvalue weighted by Crippen LogP contribution is 2.15. The van der Waals surface area contributed by atoms with Gasteiger partial charge in [-0.3, -0.25) is 0 Å². The van der Waals surface area contributed by atoms with Gasteiger partial charge in [0.15, 0.2) is 0 Å². The zero-order chi connectivity index (χ0) is 13.6. The van der Waals surface area contributed by atoms with Crippen LogP contribution in [0.15, 0.2) is 29.2 Å². The van der Waals surface area contributed by atoms with Gasteiger partial charge in [0, 0.05) is 20.2 Å². The molecule has 0 aliphatic rings. The molecule has 0 saturated heterocycles. The van der Waals surface area contributed by atoms with Crippen molar-refractivity contribution in [1.82, 2.24) is 4.31 Å². The number of hydrogen-bond acceptors (Lipinski definition) is 4. The van der Waals surface area contributed by atoms with Gasteiger partial charge in [0.25, 0.3) is 0 Å². The van der Waals surface area contributed by atoms with Crippen LogP contribution < -0.4 is 0 Å². The van der Waals surface area contributed by atoms with Crippen LogP contribution in [0.2, 0.25) is 0 Å². The average Bonchev–Trinajstić information content (AvgIpc) is 2.39. The molecule has 0 radical (unpaired) electrons. The lowest BCUT2D eigenvalue weighted by atomic mass is 10.2. The number of sulfonamides is 1. The summed E-state index contributed by atoms with van der Waals surface area (Å²) in [4.78, 5) is 0.194. The highest BCUT2D eigenvalue weighted by Gasteiger charge is 2.22. The average molecular weight is 268 g/mol. The predicted molar refractivity (Wildman–Crippen MR) is 67.5 cm³/mol. The van der Waals surface area contributed by atoms with Crippen LogP contribution in [0.4, 0.5) is 0 Å². The molecule has 0 amide bonds. The smallest absolute Gasteiger partial charge is 0.243 e. The Labute approximate surface area is 108 Å². The number of ether oxygens (including phenoxy) is 1. The summed E-state index contributed by atoms with van der Waals surface area (Å²) in [6.45, 7) is 2.82. The van der Waals surface area contributed by atoms with E-state index in [1.165, 1.54) is 35.7 Å². The van der Waals surface area contributed by atoms with Crippen LogP contribution in [0.25, 0.3) is 0 Å². The van der Waals surface area contributed by atoms with E-state index < -0.39 is 10.0 Å². The fourth-order valence-electron chi connectivity index (χ4n) is 1.49. The molecule has 0 spiro atoms. The van der Waals surface area contributed by atoms with E-state index in [-0.39, 0.29) is 4.90 Å². The summed E-state index contributed by atoms with van der Waals surface area (Å²) >= 11 is 0. The van der Waals surface area contributed by atoms with Gasteiger partial charge >= 0.3 is 0 Å². The van der Waals surface area contributed by atoms with Crippen molar-refractivity contribution < 1.29 is 13.2 Å². The van der Waals surface area contributed by atoms with Crippen molar-refractivity contribution in [2.75, 3.05) is 26.8 Å². The van der Waals surface area contributed by atoms with E-state index in [2.05, 4.69) is 0 Å². The highest BCUT2D eigenvalue weighted by atomic mass is 32.2. The van der Waals surface area contributed by atoms with Crippen molar-refractivity contribution in [2.45, 2.75) is 11.8 Å². The molecule has 5 nitrogen and oxygen atoms in total. The quantitative estimate of drug-likeness (QED) is 0.777. The van der Waals surface area contributed by atoms with Crippen molar-refractivity contribution in [1.29, 1.82) is 5.26 Å². The number of nitriles is 1. The number of benzene rings is 1. The van der Waals surface area contributed by atoms with Gasteiger partial charge in [-0.2, -0.15) is 9.57 Å². The van der Waals surface area contributed by atoms with E-state index >= 15 is 0 Å². The van der Waals surface area contributed by atoms with Crippen molar-refractivity contribution in [3.8, 4) is 6.07 Å². The van der Waals surface area contributed by atoms with Gasteiger partial charge in [-0.1, -0.05) is 6.92 Å². The first kappa shape index (κ1) is 14.6. The second-order valence-electron chi connectivity index (χ2n) is 3.63. The minimum Gasteiger partial charge on any atom is -0.383 e. The van der Waals surface area contributed by atoms with Crippen molar-refractivity contribution in [2.24, 2.45) is 0 Å². The zero-order valence-electron chi connectivity index (χ0n) is 10.5. The van der Waals surface area contributed by atoms with Crippen LogP contribution in [0, 0.1) is 11.3 Å². The normalized spacial score (nSPS) is 11.4. The molecular weight excluding hydrogens is 252 g/mol. The third kappa shape index (κ3) is 3.29. The molecule has 98 valence electrons. The van der Waals surface area contributed by atoms with Crippen LogP contribution in [0.1, 0.15) is 12.5 Å². The summed E-state index contributed by atoms with van der Waals surface area (Å²) in [7, 11) is -1.97. The number of nitrogens with zero attached hydrogens (tertiary/aromatic N) is 2. The van der Waals surface area contributed by atoms with Crippen LogP contribution in [-0.4, -0.2) is 39.5 Å². The Hall–Kier alpha value is -1.42. The second-order valence-corrected chi connectivity index (χ2v) is 5.56. The number of rotatable bonds is 6. The van der Waals surface area contributed by atoms with E-state index in [9.17, 15) is 8.42 Å². The maximum atomic E-state index is 12.3. The minimum atomic E-state index is -3.50. The molecule has 0 fully saturated rings. The lowest BCUT2D eigenvalue weighted by Crippen LogP contribution is -2.33. The Morgan fingerprint density at radius 1 is 1.33 bits per heavy atom. The topological polar surface area (TPSA) is 70.4 Å².